The van der Waals surface area contributed by atoms with Crippen molar-refractivity contribution in [1.29, 1.82) is 0 Å². The number of nitrogens with one attached hydrogen (secondary N) is 1. The van der Waals surface area contributed by atoms with E-state index >= 15 is 0 Å². The van der Waals surface area contributed by atoms with Gasteiger partial charge in [0.1, 0.15) is 12.4 Å². The molecule has 0 saturated carbocycles. The van der Waals surface area contributed by atoms with Gasteiger partial charge < -0.3 is 19.3 Å². The van der Waals surface area contributed by atoms with Crippen LogP contribution in [0.15, 0.2) is 42.5 Å². The molecule has 1 fully saturated rings. The number of hydrogen-bond acceptors (Lipinski definition) is 3. The van der Waals surface area contributed by atoms with E-state index in [1.54, 1.807) is 37.4 Å². The highest BCUT2D eigenvalue weighted by Gasteiger charge is 2.27. The lowest BCUT2D eigenvalue weighted by atomic mass is 10.1. The highest BCUT2D eigenvalue weighted by atomic mass is 19.1. The number of quaternary nitrogens is 1. The first-order chi connectivity index (χ1) is 12.6. The molecule has 1 heterocycles. The number of piperazine rings is 1. The molecule has 1 saturated heterocycles. The molecule has 1 amide bonds. The van der Waals surface area contributed by atoms with Crippen LogP contribution in [0.1, 0.15) is 15.9 Å². The maximum atomic E-state index is 13.3. The summed E-state index contributed by atoms with van der Waals surface area (Å²) < 4.78 is 24.0. The predicted molar refractivity (Wildman–Crippen MR) is 96.3 cm³/mol. The minimum atomic E-state index is -0.208. The molecule has 0 spiro atoms. The van der Waals surface area contributed by atoms with Crippen molar-refractivity contribution in [3.63, 3.8) is 0 Å². The number of benzene rings is 2. The van der Waals surface area contributed by atoms with E-state index in [-0.39, 0.29) is 11.7 Å². The third-order valence-corrected chi connectivity index (χ3v) is 4.73. The average Bonchev–Trinajstić information content (AvgIpc) is 2.67. The lowest BCUT2D eigenvalue weighted by molar-refractivity contribution is -0.917. The smallest absolute Gasteiger partial charge is 0.258 e. The molecule has 0 radical (unpaired) electrons. The first kappa shape index (κ1) is 18.2. The Kier molecular flexibility index (Phi) is 5.73. The molecule has 1 aliphatic heterocycles. The maximum Gasteiger partial charge on any atom is 0.258 e. The van der Waals surface area contributed by atoms with Crippen LogP contribution in [0.4, 0.5) is 4.39 Å². The number of amides is 1. The second-order valence-corrected chi connectivity index (χ2v) is 6.39. The molecule has 1 aliphatic rings. The lowest BCUT2D eigenvalue weighted by Gasteiger charge is -2.32. The molecule has 6 heteroatoms. The van der Waals surface area contributed by atoms with Gasteiger partial charge in [-0.2, -0.15) is 0 Å². The van der Waals surface area contributed by atoms with Gasteiger partial charge in [0.05, 0.1) is 46.0 Å². The number of para-hydroxylation sites is 1. The summed E-state index contributed by atoms with van der Waals surface area (Å²) in [7, 11) is 3.09. The van der Waals surface area contributed by atoms with Crippen molar-refractivity contribution in [2.45, 2.75) is 6.54 Å². The van der Waals surface area contributed by atoms with E-state index < -0.39 is 0 Å². The van der Waals surface area contributed by atoms with Crippen molar-refractivity contribution in [1.82, 2.24) is 4.90 Å². The van der Waals surface area contributed by atoms with Crippen LogP contribution in [0.3, 0.4) is 0 Å². The van der Waals surface area contributed by atoms with Gasteiger partial charge >= 0.3 is 0 Å². The van der Waals surface area contributed by atoms with E-state index in [1.807, 2.05) is 11.0 Å². The molecular formula is C20H24FN2O3+. The molecule has 0 aliphatic carbocycles. The largest absolute Gasteiger partial charge is 0.493 e. The topological polar surface area (TPSA) is 43.2 Å². The molecule has 26 heavy (non-hydrogen) atoms. The van der Waals surface area contributed by atoms with Gasteiger partial charge in [0, 0.05) is 5.56 Å². The minimum absolute atomic E-state index is 0.0504. The molecule has 0 atom stereocenters. The highest BCUT2D eigenvalue weighted by molar-refractivity contribution is 5.97. The van der Waals surface area contributed by atoms with Gasteiger partial charge in [0.25, 0.3) is 5.91 Å². The zero-order valence-corrected chi connectivity index (χ0v) is 15.1. The van der Waals surface area contributed by atoms with Crippen LogP contribution in [0.2, 0.25) is 0 Å². The van der Waals surface area contributed by atoms with Gasteiger partial charge in [-0.1, -0.05) is 18.2 Å². The van der Waals surface area contributed by atoms with Gasteiger partial charge in [-0.15, -0.1) is 0 Å². The van der Waals surface area contributed by atoms with Crippen molar-refractivity contribution in [3.05, 3.63) is 59.4 Å². The van der Waals surface area contributed by atoms with E-state index in [1.165, 1.54) is 18.1 Å². The van der Waals surface area contributed by atoms with E-state index in [4.69, 9.17) is 9.47 Å². The first-order valence-electron chi connectivity index (χ1n) is 8.70. The molecule has 1 N–H and O–H groups in total. The Hall–Kier alpha value is -2.60. The van der Waals surface area contributed by atoms with E-state index in [0.29, 0.717) is 30.2 Å². The summed E-state index contributed by atoms with van der Waals surface area (Å²) in [6.07, 6.45) is 0. The third kappa shape index (κ3) is 3.96. The van der Waals surface area contributed by atoms with Gasteiger partial charge in [-0.05, 0) is 24.3 Å². The van der Waals surface area contributed by atoms with Gasteiger partial charge in [0.15, 0.2) is 11.5 Å². The Morgan fingerprint density at radius 3 is 2.50 bits per heavy atom. The standard InChI is InChI=1S/C20H23FN2O3/c1-25-18-8-4-7-17(19(18)26-2)20(24)23-11-9-22(10-12-23)14-15-5-3-6-16(21)13-15/h3-8,13H,9-12,14H2,1-2H3/p+1. The fourth-order valence-electron chi connectivity index (χ4n) is 3.36. The number of nitrogens with zero attached hydrogens (tertiary/aromatic N) is 1. The zero-order valence-electron chi connectivity index (χ0n) is 15.1. The Bertz CT molecular complexity index is 773. The van der Waals surface area contributed by atoms with Gasteiger partial charge in [-0.25, -0.2) is 4.39 Å². The number of hydrogen-bond donors (Lipinski definition) is 1. The number of rotatable bonds is 5. The molecule has 0 aromatic heterocycles. The van der Waals surface area contributed by atoms with Crippen LogP contribution in [0.25, 0.3) is 0 Å². The van der Waals surface area contributed by atoms with Crippen molar-refractivity contribution in [2.75, 3.05) is 40.4 Å². The SMILES string of the molecule is COc1cccc(C(=O)N2CC[NH+](Cc3cccc(F)c3)CC2)c1OC. The Morgan fingerprint density at radius 2 is 1.85 bits per heavy atom. The van der Waals surface area contributed by atoms with Crippen LogP contribution in [-0.4, -0.2) is 51.2 Å². The fourth-order valence-corrected chi connectivity index (χ4v) is 3.36. The van der Waals surface area contributed by atoms with Gasteiger partial charge in [-0.3, -0.25) is 4.79 Å². The van der Waals surface area contributed by atoms with Crippen molar-refractivity contribution >= 4 is 5.91 Å². The van der Waals surface area contributed by atoms with Gasteiger partial charge in [0.2, 0.25) is 0 Å². The Labute approximate surface area is 152 Å². The summed E-state index contributed by atoms with van der Waals surface area (Å²) in [5.74, 6) is 0.759. The summed E-state index contributed by atoms with van der Waals surface area (Å²) in [6, 6.07) is 12.0. The molecule has 5 nitrogen and oxygen atoms in total. The molecule has 2 aromatic carbocycles. The summed E-state index contributed by atoms with van der Waals surface area (Å²) in [4.78, 5) is 16.1. The normalized spacial score (nSPS) is 15.0. The lowest BCUT2D eigenvalue weighted by Crippen LogP contribution is -3.13. The average molecular weight is 359 g/mol. The Balaban J connectivity index is 1.64. The minimum Gasteiger partial charge on any atom is -0.493 e. The second-order valence-electron chi connectivity index (χ2n) is 6.39. The zero-order chi connectivity index (χ0) is 18.5. The number of methoxy groups -OCH3 is 2. The molecular weight excluding hydrogens is 335 g/mol. The molecule has 0 unspecified atom stereocenters. The summed E-state index contributed by atoms with van der Waals surface area (Å²) in [5.41, 5.74) is 1.50. The summed E-state index contributed by atoms with van der Waals surface area (Å²) in [6.45, 7) is 3.74. The van der Waals surface area contributed by atoms with Crippen molar-refractivity contribution in [3.8, 4) is 11.5 Å². The summed E-state index contributed by atoms with van der Waals surface area (Å²) in [5, 5.41) is 0. The predicted octanol–water partition coefficient (Wildman–Crippen LogP) is 1.38. The third-order valence-electron chi connectivity index (χ3n) is 4.73. The van der Waals surface area contributed by atoms with E-state index in [9.17, 15) is 9.18 Å². The number of ether oxygens (including phenoxy) is 2. The molecule has 3 rings (SSSR count). The fraction of sp³-hybridized carbons (Fsp3) is 0.350. The van der Waals surface area contributed by atoms with Crippen LogP contribution >= 0.6 is 0 Å². The Morgan fingerprint density at radius 1 is 1.12 bits per heavy atom. The monoisotopic (exact) mass is 359 g/mol. The van der Waals surface area contributed by atoms with Crippen LogP contribution in [0, 0.1) is 5.82 Å². The second kappa shape index (κ2) is 8.19. The first-order valence-corrected chi connectivity index (χ1v) is 8.70. The van der Waals surface area contributed by atoms with Crippen LogP contribution in [0.5, 0.6) is 11.5 Å². The molecule has 138 valence electrons. The van der Waals surface area contributed by atoms with E-state index in [2.05, 4.69) is 0 Å². The van der Waals surface area contributed by atoms with E-state index in [0.717, 1.165) is 25.2 Å². The quantitative estimate of drug-likeness (QED) is 0.877. The summed E-state index contributed by atoms with van der Waals surface area (Å²) >= 11 is 0. The highest BCUT2D eigenvalue weighted by Crippen LogP contribution is 2.31. The maximum absolute atomic E-state index is 13.3. The van der Waals surface area contributed by atoms with Crippen molar-refractivity contribution in [2.24, 2.45) is 0 Å². The van der Waals surface area contributed by atoms with Crippen molar-refractivity contribution < 1.29 is 23.6 Å². The number of carbonyl (C=O) groups excluding carboxylic acids is 1. The number of carbonyl (C=O) groups is 1. The molecule has 0 bridgehead atoms. The van der Waals surface area contributed by atoms with Crippen LogP contribution < -0.4 is 14.4 Å². The number of halogens is 1. The molecule has 2 aromatic rings. The van der Waals surface area contributed by atoms with Crippen LogP contribution in [-0.2, 0) is 6.54 Å².